The average Bonchev–Trinajstić information content (AvgIpc) is 2.91. The Morgan fingerprint density at radius 3 is 2.10 bits per heavy atom. The Kier molecular flexibility index (Phi) is 7.57. The van der Waals surface area contributed by atoms with Crippen LogP contribution in [0, 0.1) is 31.1 Å². The minimum absolute atomic E-state index is 0.0677. The molecule has 39 heavy (non-hydrogen) atoms. The van der Waals surface area contributed by atoms with Crippen LogP contribution in [0.4, 0.5) is 5.69 Å². The fourth-order valence-corrected chi connectivity index (χ4v) is 5.98. The van der Waals surface area contributed by atoms with Gasteiger partial charge in [-0.25, -0.2) is 0 Å². The molecule has 2 heteroatoms. The van der Waals surface area contributed by atoms with Crippen molar-refractivity contribution in [3.8, 4) is 0 Å². The van der Waals surface area contributed by atoms with Gasteiger partial charge in [0, 0.05) is 17.8 Å². The molecule has 0 bridgehead atoms. The SMILES string of the molecule is C=[n+]1c(C(Nc2c(C(C)C)cccc2C(C)C)c2cc(C)cc(C)c2)ccc/c1=c1/cccc2c1=CC=CC2. The number of nitrogens with zero attached hydrogens (tertiary/aromatic N) is 1. The minimum Gasteiger partial charge on any atom is -0.369 e. The van der Waals surface area contributed by atoms with E-state index in [1.807, 2.05) is 0 Å². The molecule has 0 fully saturated rings. The predicted octanol–water partition coefficient (Wildman–Crippen LogP) is 7.86. The molecule has 2 nitrogen and oxygen atoms in total. The normalized spacial score (nSPS) is 14.3. The van der Waals surface area contributed by atoms with Gasteiger partial charge in [0.25, 0.3) is 0 Å². The zero-order valence-electron chi connectivity index (χ0n) is 24.3. The summed E-state index contributed by atoms with van der Waals surface area (Å²) in [5.74, 6) is 0.812. The lowest BCUT2D eigenvalue weighted by Gasteiger charge is -2.25. The van der Waals surface area contributed by atoms with Crippen molar-refractivity contribution in [1.82, 2.24) is 0 Å². The average molecular weight is 514 g/mol. The summed E-state index contributed by atoms with van der Waals surface area (Å²) in [6, 6.07) is 26.8. The fourth-order valence-electron chi connectivity index (χ4n) is 5.98. The number of allylic oxidation sites excluding steroid dienone is 2. The summed E-state index contributed by atoms with van der Waals surface area (Å²) in [5, 5.41) is 7.70. The Balaban J connectivity index is 1.81. The molecule has 0 amide bonds. The molecule has 1 unspecified atom stereocenters. The van der Waals surface area contributed by atoms with Crippen molar-refractivity contribution in [2.75, 3.05) is 5.32 Å². The monoisotopic (exact) mass is 513 g/mol. The van der Waals surface area contributed by atoms with Crippen LogP contribution in [0.1, 0.15) is 84.6 Å². The third kappa shape index (κ3) is 5.34. The van der Waals surface area contributed by atoms with Crippen LogP contribution in [0.2, 0.25) is 0 Å². The molecular weight excluding hydrogens is 472 g/mol. The Bertz CT molecular complexity index is 1710. The highest BCUT2D eigenvalue weighted by Crippen LogP contribution is 2.36. The summed E-state index contributed by atoms with van der Waals surface area (Å²) in [5.41, 5.74) is 10.2. The van der Waals surface area contributed by atoms with Gasteiger partial charge < -0.3 is 5.32 Å². The van der Waals surface area contributed by atoms with Crippen LogP contribution in [0.25, 0.3) is 6.08 Å². The Hall–Kier alpha value is -3.91. The summed E-state index contributed by atoms with van der Waals surface area (Å²) in [6.45, 7) is 18.1. The molecule has 3 aromatic carbocycles. The number of hydrogen-bond donors (Lipinski definition) is 1. The van der Waals surface area contributed by atoms with Crippen molar-refractivity contribution < 1.29 is 4.24 Å². The van der Waals surface area contributed by atoms with Gasteiger partial charge in [-0.05, 0) is 71.7 Å². The van der Waals surface area contributed by atoms with Gasteiger partial charge in [0.15, 0.2) is 0 Å². The molecule has 0 saturated carbocycles. The summed E-state index contributed by atoms with van der Waals surface area (Å²) < 4.78 is 2.14. The molecule has 1 N–H and O–H groups in total. The van der Waals surface area contributed by atoms with Crippen LogP contribution < -0.4 is 14.8 Å². The number of nitrogens with one attached hydrogen (secondary N) is 1. The molecule has 1 aromatic heterocycles. The van der Waals surface area contributed by atoms with E-state index < -0.39 is 0 Å². The van der Waals surface area contributed by atoms with E-state index in [4.69, 9.17) is 0 Å². The van der Waals surface area contributed by atoms with Crippen LogP contribution in [0.3, 0.4) is 0 Å². The first-order valence-corrected chi connectivity index (χ1v) is 14.2. The largest absolute Gasteiger partial charge is 0.369 e. The van der Waals surface area contributed by atoms with Crippen molar-refractivity contribution in [2.45, 2.75) is 65.8 Å². The standard InChI is InChI=1S/C37H41N2/c1-24(2)30-16-11-17-31(25(3)4)37(30)38-36(29-22-26(5)21-27(6)23-29)35-20-12-19-34(39(35)7)33-18-10-14-28-13-8-9-15-32(28)33/h8-12,14-25,36,38H,7,13H2,1-6H3/q+1/b34-33+. The summed E-state index contributed by atoms with van der Waals surface area (Å²) in [6.07, 6.45) is 7.58. The second-order valence-corrected chi connectivity index (χ2v) is 11.6. The maximum Gasteiger partial charge on any atom is 0.218 e. The van der Waals surface area contributed by atoms with Gasteiger partial charge in [-0.2, -0.15) is 4.24 Å². The lowest BCUT2D eigenvalue weighted by atomic mass is 9.91. The molecule has 1 heterocycles. The number of benzene rings is 3. The number of anilines is 1. The zero-order chi connectivity index (χ0) is 27.7. The number of hydrogen-bond acceptors (Lipinski definition) is 1. The van der Waals surface area contributed by atoms with Crippen molar-refractivity contribution in [3.63, 3.8) is 0 Å². The summed E-state index contributed by atoms with van der Waals surface area (Å²) in [4.78, 5) is 0. The second-order valence-electron chi connectivity index (χ2n) is 11.6. The minimum atomic E-state index is -0.0677. The highest BCUT2D eigenvalue weighted by atomic mass is 15.0. The van der Waals surface area contributed by atoms with Crippen LogP contribution in [0.15, 0.2) is 84.9 Å². The lowest BCUT2D eigenvalue weighted by Crippen LogP contribution is -2.31. The van der Waals surface area contributed by atoms with E-state index in [2.05, 4.69) is 149 Å². The van der Waals surface area contributed by atoms with Gasteiger partial charge >= 0.3 is 0 Å². The summed E-state index contributed by atoms with van der Waals surface area (Å²) in [7, 11) is 0. The molecular formula is C37H41N2+. The van der Waals surface area contributed by atoms with E-state index in [0.29, 0.717) is 11.8 Å². The molecule has 1 aliphatic rings. The summed E-state index contributed by atoms with van der Waals surface area (Å²) >= 11 is 0. The van der Waals surface area contributed by atoms with Crippen LogP contribution in [0.5, 0.6) is 0 Å². The Labute approximate surface area is 233 Å². The lowest BCUT2D eigenvalue weighted by molar-refractivity contribution is -0.520. The number of rotatable bonds is 6. The van der Waals surface area contributed by atoms with Gasteiger partial charge in [-0.15, -0.1) is 0 Å². The Morgan fingerprint density at radius 2 is 1.44 bits per heavy atom. The van der Waals surface area contributed by atoms with Crippen molar-refractivity contribution in [3.05, 3.63) is 147 Å². The third-order valence-electron chi connectivity index (χ3n) is 7.87. The van der Waals surface area contributed by atoms with E-state index in [9.17, 15) is 0 Å². The van der Waals surface area contributed by atoms with Gasteiger partial charge in [0.1, 0.15) is 12.8 Å². The molecule has 0 saturated heterocycles. The molecule has 0 spiro atoms. The molecule has 5 rings (SSSR count). The molecule has 0 radical (unpaired) electrons. The Morgan fingerprint density at radius 1 is 0.795 bits per heavy atom. The van der Waals surface area contributed by atoms with E-state index in [0.717, 1.165) is 17.5 Å². The number of fused-ring (bicyclic) bond motifs is 1. The van der Waals surface area contributed by atoms with Crippen molar-refractivity contribution >= 4 is 11.8 Å². The van der Waals surface area contributed by atoms with Crippen molar-refractivity contribution in [1.29, 1.82) is 0 Å². The van der Waals surface area contributed by atoms with E-state index >= 15 is 0 Å². The highest BCUT2D eigenvalue weighted by Gasteiger charge is 2.25. The van der Waals surface area contributed by atoms with E-state index in [-0.39, 0.29) is 6.04 Å². The van der Waals surface area contributed by atoms with E-state index in [1.54, 1.807) is 0 Å². The molecule has 4 aromatic rings. The maximum atomic E-state index is 4.64. The number of aromatic nitrogens is 1. The van der Waals surface area contributed by atoms with Gasteiger partial charge in [-0.3, -0.25) is 0 Å². The first-order chi connectivity index (χ1) is 18.7. The topological polar surface area (TPSA) is 17.9 Å². The zero-order valence-corrected chi connectivity index (χ0v) is 24.3. The maximum absolute atomic E-state index is 4.64. The van der Waals surface area contributed by atoms with Crippen LogP contribution in [-0.4, -0.2) is 0 Å². The van der Waals surface area contributed by atoms with Crippen molar-refractivity contribution in [2.24, 2.45) is 0 Å². The highest BCUT2D eigenvalue weighted by molar-refractivity contribution is 5.62. The van der Waals surface area contributed by atoms with E-state index in [1.165, 1.54) is 49.5 Å². The number of aryl methyl sites for hydroxylation is 2. The van der Waals surface area contributed by atoms with Crippen LogP contribution >= 0.6 is 0 Å². The van der Waals surface area contributed by atoms with Gasteiger partial charge in [0.2, 0.25) is 11.0 Å². The first-order valence-electron chi connectivity index (χ1n) is 14.2. The van der Waals surface area contributed by atoms with Crippen LogP contribution in [-0.2, 0) is 6.42 Å². The smallest absolute Gasteiger partial charge is 0.218 e. The van der Waals surface area contributed by atoms with Gasteiger partial charge in [-0.1, -0.05) is 106 Å². The predicted molar refractivity (Wildman–Crippen MR) is 164 cm³/mol. The van der Waals surface area contributed by atoms with Gasteiger partial charge in [0.05, 0.1) is 5.22 Å². The second kappa shape index (κ2) is 11.1. The molecule has 1 aliphatic carbocycles. The molecule has 1 atom stereocenters. The quantitative estimate of drug-likeness (QED) is 0.260. The molecule has 198 valence electrons. The third-order valence-corrected chi connectivity index (χ3v) is 7.87. The fraction of sp³-hybridized carbons (Fsp3) is 0.270. The number of para-hydroxylation sites is 1. The first kappa shape index (κ1) is 26.7. The molecule has 0 aliphatic heterocycles. The number of pyridine rings is 1.